The summed E-state index contributed by atoms with van der Waals surface area (Å²) < 4.78 is 24.6. The van der Waals surface area contributed by atoms with E-state index in [4.69, 9.17) is 0 Å². The number of carbonyl (C=O) groups excluding carboxylic acids is 1. The van der Waals surface area contributed by atoms with Gasteiger partial charge in [-0.1, -0.05) is 17.8 Å². The van der Waals surface area contributed by atoms with Crippen LogP contribution in [0.5, 0.6) is 0 Å². The summed E-state index contributed by atoms with van der Waals surface area (Å²) in [6.45, 7) is 1.76. The van der Waals surface area contributed by atoms with E-state index in [0.717, 1.165) is 0 Å². The largest absolute Gasteiger partial charge is 0.321 e. The summed E-state index contributed by atoms with van der Waals surface area (Å²) in [5.41, 5.74) is 1.87. The van der Waals surface area contributed by atoms with Gasteiger partial charge in [0.15, 0.2) is 0 Å². The quantitative estimate of drug-likeness (QED) is 0.630. The van der Waals surface area contributed by atoms with Crippen molar-refractivity contribution in [1.29, 1.82) is 0 Å². The van der Waals surface area contributed by atoms with Gasteiger partial charge < -0.3 is 5.32 Å². The minimum absolute atomic E-state index is 0.286. The molecule has 0 bridgehead atoms. The first-order valence-electron chi connectivity index (χ1n) is 7.28. The molecule has 0 fully saturated rings. The van der Waals surface area contributed by atoms with Crippen LogP contribution in [0.15, 0.2) is 53.6 Å². The van der Waals surface area contributed by atoms with E-state index in [0.29, 0.717) is 43.6 Å². The van der Waals surface area contributed by atoms with E-state index in [1.54, 1.807) is 37.4 Å². The first-order valence-corrected chi connectivity index (χ1v) is 8.97. The number of nitrogens with one attached hydrogen (secondary N) is 1. The summed E-state index contributed by atoms with van der Waals surface area (Å²) in [5, 5.41) is 3.43. The van der Waals surface area contributed by atoms with Gasteiger partial charge in [-0.05, 0) is 43.3 Å². The average molecular weight is 377 g/mol. The van der Waals surface area contributed by atoms with Crippen LogP contribution in [0.3, 0.4) is 0 Å². The minimum atomic E-state index is -2.47. The number of aryl methyl sites for hydroxylation is 1. The maximum atomic E-state index is 12.5. The number of pyridine rings is 1. The lowest BCUT2D eigenvalue weighted by atomic mass is 10.3. The Bertz CT molecular complexity index is 867. The highest BCUT2D eigenvalue weighted by atomic mass is 32.2. The molecule has 128 valence electrons. The Morgan fingerprint density at radius 1 is 1.20 bits per heavy atom. The summed E-state index contributed by atoms with van der Waals surface area (Å²) in [5.74, 6) is -2.75. The molecule has 0 aliphatic heterocycles. The molecule has 4 nitrogen and oxygen atoms in total. The summed E-state index contributed by atoms with van der Waals surface area (Å²) in [6, 6.07) is 11.8. The van der Waals surface area contributed by atoms with Crippen LogP contribution in [0, 0.1) is 6.92 Å². The van der Waals surface area contributed by atoms with Gasteiger partial charge in [-0.2, -0.15) is 8.78 Å². The third-order valence-corrected chi connectivity index (χ3v) is 5.13. The van der Waals surface area contributed by atoms with E-state index in [-0.39, 0.29) is 5.91 Å². The summed E-state index contributed by atoms with van der Waals surface area (Å²) in [6.07, 6.45) is 1.67. The number of alkyl halides is 2. The number of halogens is 2. The zero-order chi connectivity index (χ0) is 17.8. The lowest BCUT2D eigenvalue weighted by molar-refractivity contribution is 0.103. The van der Waals surface area contributed by atoms with Crippen molar-refractivity contribution in [1.82, 2.24) is 9.97 Å². The molecule has 2 aromatic heterocycles. The molecule has 3 rings (SSSR count). The van der Waals surface area contributed by atoms with Gasteiger partial charge in [-0.25, -0.2) is 4.98 Å². The molecule has 3 aromatic rings. The zero-order valence-electron chi connectivity index (χ0n) is 13.1. The van der Waals surface area contributed by atoms with Gasteiger partial charge in [0.2, 0.25) is 0 Å². The highest BCUT2D eigenvalue weighted by molar-refractivity contribution is 7.99. The Labute approximate surface area is 151 Å². The van der Waals surface area contributed by atoms with Gasteiger partial charge in [-0.15, -0.1) is 11.3 Å². The van der Waals surface area contributed by atoms with Crippen molar-refractivity contribution in [3.8, 4) is 10.7 Å². The number of carbonyl (C=O) groups is 1. The molecule has 0 atom stereocenters. The molecule has 0 aliphatic carbocycles. The van der Waals surface area contributed by atoms with E-state index < -0.39 is 5.76 Å². The molecule has 2 heterocycles. The molecule has 0 spiro atoms. The molecular formula is C17H13F2N3OS2. The lowest BCUT2D eigenvalue weighted by Crippen LogP contribution is -2.11. The zero-order valence-corrected chi connectivity index (χ0v) is 14.7. The lowest BCUT2D eigenvalue weighted by Gasteiger charge is -2.05. The van der Waals surface area contributed by atoms with Crippen LogP contribution in [0.25, 0.3) is 10.7 Å². The second-order valence-corrected chi connectivity index (χ2v) is 7.07. The Morgan fingerprint density at radius 3 is 2.60 bits per heavy atom. The fraction of sp³-hybridized carbons (Fsp3) is 0.118. The molecule has 25 heavy (non-hydrogen) atoms. The number of hydrogen-bond donors (Lipinski definition) is 1. The van der Waals surface area contributed by atoms with E-state index in [2.05, 4.69) is 15.3 Å². The third kappa shape index (κ3) is 4.40. The number of aromatic nitrogens is 2. The van der Waals surface area contributed by atoms with Crippen molar-refractivity contribution in [3.63, 3.8) is 0 Å². The number of anilines is 1. The van der Waals surface area contributed by atoms with Crippen molar-refractivity contribution in [2.45, 2.75) is 17.6 Å². The number of thioether (sulfide) groups is 1. The second kappa shape index (κ2) is 7.71. The molecule has 0 radical (unpaired) electrons. The topological polar surface area (TPSA) is 54.9 Å². The van der Waals surface area contributed by atoms with Crippen LogP contribution < -0.4 is 5.32 Å². The molecule has 8 heteroatoms. The third-order valence-electron chi connectivity index (χ3n) is 3.22. The first-order chi connectivity index (χ1) is 12.0. The summed E-state index contributed by atoms with van der Waals surface area (Å²) in [7, 11) is 0. The van der Waals surface area contributed by atoms with Gasteiger partial charge in [0.1, 0.15) is 9.88 Å². The predicted molar refractivity (Wildman–Crippen MR) is 96.3 cm³/mol. The van der Waals surface area contributed by atoms with E-state index in [1.165, 1.54) is 11.3 Å². The fourth-order valence-corrected chi connectivity index (χ4v) is 3.55. The number of amides is 1. The number of hydrogen-bond acceptors (Lipinski definition) is 5. The molecule has 1 amide bonds. The SMILES string of the molecule is Cc1nc(-c2ccccn2)sc1C(=O)Nc1ccc(SC(F)F)cc1. The normalized spacial score (nSPS) is 10.9. The Balaban J connectivity index is 1.74. The Morgan fingerprint density at radius 2 is 1.96 bits per heavy atom. The minimum Gasteiger partial charge on any atom is -0.321 e. The molecule has 1 aromatic carbocycles. The average Bonchev–Trinajstić information content (AvgIpc) is 2.99. The van der Waals surface area contributed by atoms with E-state index in [9.17, 15) is 13.6 Å². The van der Waals surface area contributed by atoms with Crippen LogP contribution in [0.2, 0.25) is 0 Å². The number of nitrogens with zero attached hydrogens (tertiary/aromatic N) is 2. The molecule has 0 saturated carbocycles. The number of benzene rings is 1. The van der Waals surface area contributed by atoms with Crippen molar-refractivity contribution >= 4 is 34.7 Å². The van der Waals surface area contributed by atoms with Crippen LogP contribution in [-0.4, -0.2) is 21.6 Å². The Kier molecular flexibility index (Phi) is 5.40. The van der Waals surface area contributed by atoms with Gasteiger partial charge in [0.05, 0.1) is 11.4 Å². The summed E-state index contributed by atoms with van der Waals surface area (Å²) >= 11 is 1.73. The highest BCUT2D eigenvalue weighted by Gasteiger charge is 2.17. The molecule has 0 saturated heterocycles. The van der Waals surface area contributed by atoms with E-state index >= 15 is 0 Å². The number of thiazole rings is 1. The molecule has 0 aliphatic rings. The van der Waals surface area contributed by atoms with Crippen molar-refractivity contribution in [2.75, 3.05) is 5.32 Å². The number of rotatable bonds is 5. The van der Waals surface area contributed by atoms with Crippen molar-refractivity contribution < 1.29 is 13.6 Å². The van der Waals surface area contributed by atoms with Gasteiger partial charge in [0, 0.05) is 16.8 Å². The predicted octanol–water partition coefficient (Wildman–Crippen LogP) is 5.08. The molecule has 0 unspecified atom stereocenters. The van der Waals surface area contributed by atoms with Crippen LogP contribution in [0.4, 0.5) is 14.5 Å². The summed E-state index contributed by atoms with van der Waals surface area (Å²) in [4.78, 5) is 22.0. The van der Waals surface area contributed by atoms with Crippen molar-refractivity contribution in [3.05, 3.63) is 59.2 Å². The highest BCUT2D eigenvalue weighted by Crippen LogP contribution is 2.28. The van der Waals surface area contributed by atoms with Gasteiger partial charge in [-0.3, -0.25) is 9.78 Å². The van der Waals surface area contributed by atoms with Crippen LogP contribution in [-0.2, 0) is 0 Å². The second-order valence-electron chi connectivity index (χ2n) is 5.01. The maximum absolute atomic E-state index is 12.5. The van der Waals surface area contributed by atoms with Gasteiger partial charge >= 0.3 is 0 Å². The van der Waals surface area contributed by atoms with E-state index in [1.807, 2.05) is 18.2 Å². The first kappa shape index (κ1) is 17.5. The van der Waals surface area contributed by atoms with Crippen LogP contribution >= 0.6 is 23.1 Å². The fourth-order valence-electron chi connectivity index (χ4n) is 2.11. The molecular weight excluding hydrogens is 364 g/mol. The van der Waals surface area contributed by atoms with Crippen LogP contribution in [0.1, 0.15) is 15.4 Å². The monoisotopic (exact) mass is 377 g/mol. The Hall–Kier alpha value is -2.32. The van der Waals surface area contributed by atoms with Gasteiger partial charge in [0.25, 0.3) is 11.7 Å². The maximum Gasteiger partial charge on any atom is 0.288 e. The van der Waals surface area contributed by atoms with Crippen molar-refractivity contribution in [2.24, 2.45) is 0 Å². The standard InChI is InChI=1S/C17H13F2N3OS2/c1-10-14(25-16(21-10)13-4-2-3-9-20-13)15(23)22-11-5-7-12(8-6-11)24-17(18)19/h2-9,17H,1H3,(H,22,23). The smallest absolute Gasteiger partial charge is 0.288 e. The molecule has 1 N–H and O–H groups in total.